The molecule has 110 valence electrons. The molecule has 0 unspecified atom stereocenters. The summed E-state index contributed by atoms with van der Waals surface area (Å²) in [4.78, 5) is 18.3. The zero-order valence-electron chi connectivity index (χ0n) is 12.0. The van der Waals surface area contributed by atoms with Gasteiger partial charge in [-0.25, -0.2) is 0 Å². The van der Waals surface area contributed by atoms with E-state index in [-0.39, 0.29) is 11.6 Å². The van der Waals surface area contributed by atoms with Gasteiger partial charge in [-0.05, 0) is 35.9 Å². The van der Waals surface area contributed by atoms with Crippen molar-refractivity contribution in [2.45, 2.75) is 13.1 Å². The third-order valence-electron chi connectivity index (χ3n) is 4.19. The van der Waals surface area contributed by atoms with Crippen LogP contribution in [0.5, 0.6) is 0 Å². The Labute approximate surface area is 127 Å². The van der Waals surface area contributed by atoms with E-state index in [9.17, 15) is 4.79 Å². The molecule has 3 heterocycles. The standard InChI is InChI=1S/C16H14N4O2/c1-20-7-12-10(9-3-2-4-17-6-9)5-11-14(13(12)8-20)18-16(21)15(11)19-22/h2-6,22H,7-8H2,1H3,(H,18,19,21). The molecule has 0 fully saturated rings. The number of nitrogens with zero attached hydrogens (tertiary/aromatic N) is 3. The summed E-state index contributed by atoms with van der Waals surface area (Å²) in [6.45, 7) is 1.57. The molecule has 2 aliphatic heterocycles. The number of carbonyl (C=O) groups is 1. The summed E-state index contributed by atoms with van der Waals surface area (Å²) >= 11 is 0. The molecule has 6 heteroatoms. The molecular weight excluding hydrogens is 280 g/mol. The lowest BCUT2D eigenvalue weighted by Gasteiger charge is -2.12. The smallest absolute Gasteiger partial charge is 0.278 e. The van der Waals surface area contributed by atoms with Crippen LogP contribution in [0.2, 0.25) is 0 Å². The van der Waals surface area contributed by atoms with Gasteiger partial charge < -0.3 is 10.5 Å². The van der Waals surface area contributed by atoms with Crippen LogP contribution in [0.15, 0.2) is 35.7 Å². The number of pyridine rings is 1. The van der Waals surface area contributed by atoms with Crippen LogP contribution >= 0.6 is 0 Å². The van der Waals surface area contributed by atoms with E-state index >= 15 is 0 Å². The van der Waals surface area contributed by atoms with Crippen molar-refractivity contribution >= 4 is 17.3 Å². The van der Waals surface area contributed by atoms with Gasteiger partial charge in [0.05, 0.1) is 5.69 Å². The number of hydrogen-bond donors (Lipinski definition) is 2. The van der Waals surface area contributed by atoms with Gasteiger partial charge >= 0.3 is 0 Å². The van der Waals surface area contributed by atoms with E-state index in [0.29, 0.717) is 5.56 Å². The largest absolute Gasteiger partial charge is 0.410 e. The second-order valence-corrected chi connectivity index (χ2v) is 5.62. The molecule has 2 N–H and O–H groups in total. The van der Waals surface area contributed by atoms with Gasteiger partial charge in [-0.2, -0.15) is 0 Å². The molecule has 2 aromatic rings. The number of benzene rings is 1. The van der Waals surface area contributed by atoms with Gasteiger partial charge in [-0.15, -0.1) is 0 Å². The van der Waals surface area contributed by atoms with Crippen molar-refractivity contribution in [1.29, 1.82) is 0 Å². The number of nitrogens with one attached hydrogen (secondary N) is 1. The molecule has 2 aliphatic rings. The highest BCUT2D eigenvalue weighted by Gasteiger charge is 2.34. The maximum atomic E-state index is 12.0. The highest BCUT2D eigenvalue weighted by Crippen LogP contribution is 2.41. The van der Waals surface area contributed by atoms with E-state index in [0.717, 1.165) is 35.5 Å². The number of rotatable bonds is 1. The molecule has 0 bridgehead atoms. The first-order valence-corrected chi connectivity index (χ1v) is 7.00. The lowest BCUT2D eigenvalue weighted by Crippen LogP contribution is -2.14. The Kier molecular flexibility index (Phi) is 2.74. The number of oxime groups is 1. The Balaban J connectivity index is 2.01. The molecule has 0 saturated carbocycles. The van der Waals surface area contributed by atoms with Crippen molar-refractivity contribution in [3.05, 3.63) is 47.3 Å². The number of amides is 1. The predicted molar refractivity (Wildman–Crippen MR) is 81.8 cm³/mol. The van der Waals surface area contributed by atoms with Gasteiger partial charge in [0, 0.05) is 36.6 Å². The number of anilines is 1. The van der Waals surface area contributed by atoms with Crippen molar-refractivity contribution in [2.24, 2.45) is 5.16 Å². The maximum Gasteiger partial charge on any atom is 0.278 e. The van der Waals surface area contributed by atoms with Gasteiger partial charge in [-0.1, -0.05) is 11.2 Å². The fraction of sp³-hybridized carbons (Fsp3) is 0.188. The first kappa shape index (κ1) is 13.0. The van der Waals surface area contributed by atoms with E-state index in [2.05, 4.69) is 20.4 Å². The van der Waals surface area contributed by atoms with E-state index in [1.54, 1.807) is 12.4 Å². The Hall–Kier alpha value is -2.73. The van der Waals surface area contributed by atoms with E-state index < -0.39 is 0 Å². The van der Waals surface area contributed by atoms with Crippen LogP contribution in [0.3, 0.4) is 0 Å². The fourth-order valence-corrected chi connectivity index (χ4v) is 3.23. The van der Waals surface area contributed by atoms with Crippen molar-refractivity contribution in [2.75, 3.05) is 12.4 Å². The highest BCUT2D eigenvalue weighted by molar-refractivity contribution is 6.54. The molecule has 0 spiro atoms. The Morgan fingerprint density at radius 1 is 1.32 bits per heavy atom. The van der Waals surface area contributed by atoms with Gasteiger partial charge in [0.1, 0.15) is 0 Å². The van der Waals surface area contributed by atoms with Crippen molar-refractivity contribution in [1.82, 2.24) is 9.88 Å². The summed E-state index contributed by atoms with van der Waals surface area (Å²) < 4.78 is 0. The molecule has 4 rings (SSSR count). The fourth-order valence-electron chi connectivity index (χ4n) is 3.23. The molecule has 6 nitrogen and oxygen atoms in total. The van der Waals surface area contributed by atoms with Gasteiger partial charge in [0.2, 0.25) is 0 Å². The van der Waals surface area contributed by atoms with Crippen LogP contribution in [-0.2, 0) is 17.9 Å². The minimum absolute atomic E-state index is 0.0671. The number of hydrogen-bond acceptors (Lipinski definition) is 5. The van der Waals surface area contributed by atoms with Crippen LogP contribution in [0.1, 0.15) is 16.7 Å². The SMILES string of the molecule is CN1Cc2c(-c3cccnc3)cc3c(c2C1)NC(=O)C3=NO. The average Bonchev–Trinajstić information content (AvgIpc) is 3.06. The Morgan fingerprint density at radius 2 is 2.14 bits per heavy atom. The van der Waals surface area contributed by atoms with Crippen molar-refractivity contribution in [3.63, 3.8) is 0 Å². The summed E-state index contributed by atoms with van der Waals surface area (Å²) in [6.07, 6.45) is 3.54. The van der Waals surface area contributed by atoms with Crippen molar-refractivity contribution in [3.8, 4) is 11.1 Å². The number of carbonyl (C=O) groups excluding carboxylic acids is 1. The molecule has 22 heavy (non-hydrogen) atoms. The van der Waals surface area contributed by atoms with E-state index in [1.807, 2.05) is 25.2 Å². The molecule has 0 radical (unpaired) electrons. The van der Waals surface area contributed by atoms with Crippen molar-refractivity contribution < 1.29 is 10.0 Å². The van der Waals surface area contributed by atoms with E-state index in [1.165, 1.54) is 5.56 Å². The van der Waals surface area contributed by atoms with Crippen LogP contribution in [0.25, 0.3) is 11.1 Å². The van der Waals surface area contributed by atoms with E-state index in [4.69, 9.17) is 5.21 Å². The lowest BCUT2D eigenvalue weighted by atomic mass is 9.93. The molecule has 1 aromatic carbocycles. The molecule has 0 atom stereocenters. The van der Waals surface area contributed by atoms with Crippen LogP contribution in [0, 0.1) is 0 Å². The second-order valence-electron chi connectivity index (χ2n) is 5.62. The Bertz CT molecular complexity index is 815. The summed E-state index contributed by atoms with van der Waals surface area (Å²) in [5, 5.41) is 15.1. The molecular formula is C16H14N4O2. The minimum Gasteiger partial charge on any atom is -0.410 e. The summed E-state index contributed by atoms with van der Waals surface area (Å²) in [6, 6.07) is 5.79. The molecule has 0 aliphatic carbocycles. The minimum atomic E-state index is -0.363. The second kappa shape index (κ2) is 4.64. The third-order valence-corrected chi connectivity index (χ3v) is 4.19. The van der Waals surface area contributed by atoms with Crippen LogP contribution < -0.4 is 5.32 Å². The van der Waals surface area contributed by atoms with Gasteiger partial charge in [0.15, 0.2) is 5.71 Å². The normalized spacial score (nSPS) is 18.4. The maximum absolute atomic E-state index is 12.0. The van der Waals surface area contributed by atoms with Gasteiger partial charge in [-0.3, -0.25) is 14.7 Å². The molecule has 1 aromatic heterocycles. The molecule has 1 amide bonds. The topological polar surface area (TPSA) is 77.8 Å². The number of aromatic nitrogens is 1. The summed E-state index contributed by atoms with van der Waals surface area (Å²) in [5.74, 6) is -0.363. The third kappa shape index (κ3) is 1.74. The van der Waals surface area contributed by atoms with Crippen LogP contribution in [0.4, 0.5) is 5.69 Å². The van der Waals surface area contributed by atoms with Crippen LogP contribution in [-0.4, -0.2) is 33.8 Å². The first-order valence-electron chi connectivity index (χ1n) is 7.00. The Morgan fingerprint density at radius 3 is 2.86 bits per heavy atom. The summed E-state index contributed by atoms with van der Waals surface area (Å²) in [7, 11) is 2.04. The predicted octanol–water partition coefficient (Wildman–Crippen LogP) is 1.82. The monoisotopic (exact) mass is 294 g/mol. The molecule has 0 saturated heterocycles. The first-order chi connectivity index (χ1) is 10.7. The quantitative estimate of drug-likeness (QED) is 0.621. The zero-order valence-corrected chi connectivity index (χ0v) is 12.0. The highest BCUT2D eigenvalue weighted by atomic mass is 16.4. The zero-order chi connectivity index (χ0) is 15.3. The lowest BCUT2D eigenvalue weighted by molar-refractivity contribution is -0.110. The average molecular weight is 294 g/mol. The van der Waals surface area contributed by atoms with Gasteiger partial charge in [0.25, 0.3) is 5.91 Å². The number of fused-ring (bicyclic) bond motifs is 3. The summed E-state index contributed by atoms with van der Waals surface area (Å²) in [5.41, 5.74) is 5.79.